The Labute approximate surface area is 136 Å². The second-order valence-electron chi connectivity index (χ2n) is 4.55. The molecule has 0 unspecified atom stereocenters. The molecule has 5 heteroatoms. The topological polar surface area (TPSA) is 55.8 Å². The van der Waals surface area contributed by atoms with Crippen LogP contribution in [0.2, 0.25) is 0 Å². The van der Waals surface area contributed by atoms with Gasteiger partial charge in [-0.15, -0.1) is 12.4 Å². The third-order valence-corrected chi connectivity index (χ3v) is 2.96. The van der Waals surface area contributed by atoms with Gasteiger partial charge in [0.2, 0.25) is 0 Å². The fourth-order valence-electron chi connectivity index (χ4n) is 1.86. The Morgan fingerprint density at radius 2 is 1.77 bits per heavy atom. The van der Waals surface area contributed by atoms with Gasteiger partial charge in [-0.1, -0.05) is 36.4 Å². The van der Waals surface area contributed by atoms with Crippen molar-refractivity contribution in [2.24, 2.45) is 0 Å². The second-order valence-corrected chi connectivity index (χ2v) is 4.55. The van der Waals surface area contributed by atoms with Gasteiger partial charge in [-0.3, -0.25) is 4.79 Å². The summed E-state index contributed by atoms with van der Waals surface area (Å²) in [6, 6.07) is 14.8. The normalized spacial score (nSPS) is 9.82. The number of rotatable bonds is 8. The van der Waals surface area contributed by atoms with Gasteiger partial charge in [0.1, 0.15) is 0 Å². The molecule has 2 rings (SSSR count). The van der Waals surface area contributed by atoms with E-state index in [1.54, 1.807) is 12.1 Å². The lowest BCUT2D eigenvalue weighted by Gasteiger charge is -2.09. The molecular formula is C17H19ClO4. The molecule has 118 valence electrons. The highest BCUT2D eigenvalue weighted by Crippen LogP contribution is 2.28. The highest BCUT2D eigenvalue weighted by atomic mass is 35.5. The van der Waals surface area contributed by atoms with Crippen molar-refractivity contribution in [3.8, 4) is 11.5 Å². The number of hydrogen-bond donors (Lipinski definition) is 1. The summed E-state index contributed by atoms with van der Waals surface area (Å²) in [6.07, 6.45) is 1.31. The Morgan fingerprint density at radius 3 is 2.50 bits per heavy atom. The maximum atomic E-state index is 10.7. The number of para-hydroxylation sites is 1. The number of halogens is 1. The van der Waals surface area contributed by atoms with Gasteiger partial charge < -0.3 is 14.6 Å². The highest BCUT2D eigenvalue weighted by molar-refractivity contribution is 5.85. The number of ether oxygens (including phenoxy) is 2. The Balaban J connectivity index is 0.00000242. The Kier molecular flexibility index (Phi) is 8.04. The van der Waals surface area contributed by atoms with Crippen LogP contribution in [0, 0.1) is 0 Å². The van der Waals surface area contributed by atoms with Gasteiger partial charge >= 0.3 is 0 Å². The van der Waals surface area contributed by atoms with E-state index in [1.807, 2.05) is 30.3 Å². The average molecular weight is 323 g/mol. The van der Waals surface area contributed by atoms with Gasteiger partial charge in [0.15, 0.2) is 17.8 Å². The number of aromatic hydroxyl groups is 1. The fraction of sp³-hybridized carbons (Fsp3) is 0.235. The number of carbonyl (C=O) groups is 1. The number of hydrogen-bond acceptors (Lipinski definition) is 4. The average Bonchev–Trinajstić information content (AvgIpc) is 2.53. The third kappa shape index (κ3) is 5.39. The molecule has 4 nitrogen and oxygen atoms in total. The van der Waals surface area contributed by atoms with Gasteiger partial charge in [-0.2, -0.15) is 0 Å². The molecule has 0 fully saturated rings. The van der Waals surface area contributed by atoms with Gasteiger partial charge in [0, 0.05) is 6.42 Å². The summed E-state index contributed by atoms with van der Waals surface area (Å²) in [5.41, 5.74) is 1.36. The van der Waals surface area contributed by atoms with E-state index in [1.165, 1.54) is 6.07 Å². The minimum absolute atomic E-state index is 0. The van der Waals surface area contributed by atoms with E-state index in [0.717, 1.165) is 5.56 Å². The summed E-state index contributed by atoms with van der Waals surface area (Å²) in [4.78, 5) is 10.7. The molecule has 0 heterocycles. The smallest absolute Gasteiger partial charge is 0.168 e. The first-order valence-electron chi connectivity index (χ1n) is 6.83. The summed E-state index contributed by atoms with van der Waals surface area (Å²) in [6.45, 7) is 1.57. The van der Waals surface area contributed by atoms with Gasteiger partial charge in [-0.05, 0) is 17.7 Å². The molecule has 2 aromatic carbocycles. The molecule has 0 aliphatic carbocycles. The first-order chi connectivity index (χ1) is 10.3. The van der Waals surface area contributed by atoms with Crippen molar-refractivity contribution in [2.75, 3.05) is 13.2 Å². The molecule has 0 aromatic heterocycles. The molecule has 0 aliphatic rings. The largest absolute Gasteiger partial charge is 0.504 e. The summed E-state index contributed by atoms with van der Waals surface area (Å²) < 4.78 is 11.0. The molecule has 0 spiro atoms. The standard InChI is InChI=1S/C17H18O4.ClH/c18-12-15-8-4-9-16(17(15)19)21-11-5-10-20-13-14-6-2-1-3-7-14;/h1-4,6-9,12,19H,5,10-11,13H2;1H. The monoisotopic (exact) mass is 322 g/mol. The van der Waals surface area contributed by atoms with Crippen molar-refractivity contribution in [3.63, 3.8) is 0 Å². The number of benzene rings is 2. The summed E-state index contributed by atoms with van der Waals surface area (Å²) in [7, 11) is 0. The van der Waals surface area contributed by atoms with Crippen LogP contribution in [0.25, 0.3) is 0 Å². The van der Waals surface area contributed by atoms with Crippen molar-refractivity contribution in [2.45, 2.75) is 13.0 Å². The molecular weight excluding hydrogens is 304 g/mol. The van der Waals surface area contributed by atoms with E-state index in [9.17, 15) is 9.90 Å². The minimum Gasteiger partial charge on any atom is -0.504 e. The van der Waals surface area contributed by atoms with Crippen LogP contribution < -0.4 is 4.74 Å². The zero-order chi connectivity index (χ0) is 14.9. The zero-order valence-corrected chi connectivity index (χ0v) is 12.9. The molecule has 0 radical (unpaired) electrons. The summed E-state index contributed by atoms with van der Waals surface area (Å²) >= 11 is 0. The molecule has 1 N–H and O–H groups in total. The highest BCUT2D eigenvalue weighted by Gasteiger charge is 2.06. The Bertz CT molecular complexity index is 572. The molecule has 0 aliphatic heterocycles. The molecule has 22 heavy (non-hydrogen) atoms. The van der Waals surface area contributed by atoms with Gasteiger partial charge in [0.25, 0.3) is 0 Å². The molecule has 0 saturated carbocycles. The van der Waals surface area contributed by atoms with E-state index in [-0.39, 0.29) is 23.7 Å². The van der Waals surface area contributed by atoms with Crippen molar-refractivity contribution < 1.29 is 19.4 Å². The van der Waals surface area contributed by atoms with E-state index >= 15 is 0 Å². The minimum atomic E-state index is -0.113. The first kappa shape index (κ1) is 18.0. The lowest BCUT2D eigenvalue weighted by Crippen LogP contribution is -2.03. The lowest BCUT2D eigenvalue weighted by atomic mass is 10.2. The van der Waals surface area contributed by atoms with Crippen molar-refractivity contribution >= 4 is 18.7 Å². The maximum Gasteiger partial charge on any atom is 0.168 e. The molecule has 0 saturated heterocycles. The molecule has 2 aromatic rings. The first-order valence-corrected chi connectivity index (χ1v) is 6.83. The van der Waals surface area contributed by atoms with Crippen LogP contribution in [0.5, 0.6) is 11.5 Å². The second kappa shape index (κ2) is 9.82. The van der Waals surface area contributed by atoms with Crippen molar-refractivity contribution in [1.82, 2.24) is 0 Å². The van der Waals surface area contributed by atoms with E-state index in [4.69, 9.17) is 9.47 Å². The number of aldehydes is 1. The van der Waals surface area contributed by atoms with Crippen LogP contribution in [0.15, 0.2) is 48.5 Å². The van der Waals surface area contributed by atoms with Crippen LogP contribution in [-0.4, -0.2) is 24.6 Å². The SMILES string of the molecule is Cl.O=Cc1cccc(OCCCOCc2ccccc2)c1O. The summed E-state index contributed by atoms with van der Waals surface area (Å²) in [5.74, 6) is 0.209. The fourth-order valence-corrected chi connectivity index (χ4v) is 1.86. The van der Waals surface area contributed by atoms with Crippen LogP contribution in [0.3, 0.4) is 0 Å². The van der Waals surface area contributed by atoms with Crippen molar-refractivity contribution in [3.05, 3.63) is 59.7 Å². The van der Waals surface area contributed by atoms with Gasteiger partial charge in [0.05, 0.1) is 25.4 Å². The van der Waals surface area contributed by atoms with E-state index < -0.39 is 0 Å². The van der Waals surface area contributed by atoms with Crippen LogP contribution in [0.4, 0.5) is 0 Å². The molecule has 0 atom stereocenters. The molecule has 0 bridgehead atoms. The maximum absolute atomic E-state index is 10.7. The van der Waals surface area contributed by atoms with Crippen LogP contribution >= 0.6 is 12.4 Å². The Morgan fingerprint density at radius 1 is 1.00 bits per heavy atom. The predicted molar refractivity (Wildman–Crippen MR) is 87.0 cm³/mol. The quantitative estimate of drug-likeness (QED) is 0.596. The lowest BCUT2D eigenvalue weighted by molar-refractivity contribution is 0.106. The number of phenolic OH excluding ortho intramolecular Hbond substituents is 1. The van der Waals surface area contributed by atoms with Crippen molar-refractivity contribution in [1.29, 1.82) is 0 Å². The van der Waals surface area contributed by atoms with Gasteiger partial charge in [-0.25, -0.2) is 0 Å². The number of phenols is 1. The van der Waals surface area contributed by atoms with E-state index in [0.29, 0.717) is 38.3 Å². The predicted octanol–water partition coefficient (Wildman–Crippen LogP) is 3.61. The third-order valence-electron chi connectivity index (χ3n) is 2.96. The number of carbonyl (C=O) groups excluding carboxylic acids is 1. The van der Waals surface area contributed by atoms with Crippen LogP contribution in [-0.2, 0) is 11.3 Å². The Hall–Kier alpha value is -2.04. The summed E-state index contributed by atoms with van der Waals surface area (Å²) in [5, 5.41) is 9.75. The van der Waals surface area contributed by atoms with Crippen LogP contribution in [0.1, 0.15) is 22.3 Å². The van der Waals surface area contributed by atoms with E-state index in [2.05, 4.69) is 0 Å². The zero-order valence-electron chi connectivity index (χ0n) is 12.1. The molecule has 0 amide bonds.